The van der Waals surface area contributed by atoms with E-state index < -0.39 is 9.84 Å². The molecule has 0 fully saturated rings. The number of nitrogen functional groups attached to an aromatic ring is 1. The average Bonchev–Trinajstić information content (AvgIpc) is 3.15. The third-order valence-electron chi connectivity index (χ3n) is 5.31. The second-order valence-corrected chi connectivity index (χ2v) is 10.8. The van der Waals surface area contributed by atoms with Crippen molar-refractivity contribution in [1.29, 1.82) is 0 Å². The van der Waals surface area contributed by atoms with Gasteiger partial charge in [0.25, 0.3) is 0 Å². The van der Waals surface area contributed by atoms with Crippen molar-refractivity contribution < 1.29 is 17.9 Å². The number of carbonyl (C=O) groups excluding carboxylic acids is 1. The van der Waals surface area contributed by atoms with Crippen molar-refractivity contribution in [2.75, 3.05) is 18.2 Å². The van der Waals surface area contributed by atoms with Crippen LogP contribution in [0.15, 0.2) is 82.6 Å². The van der Waals surface area contributed by atoms with E-state index in [0.717, 1.165) is 22.5 Å². The summed E-state index contributed by atoms with van der Waals surface area (Å²) in [5, 5.41) is 3.46. The fourth-order valence-electron chi connectivity index (χ4n) is 3.53. The second kappa shape index (κ2) is 9.32. The highest BCUT2D eigenvalue weighted by molar-refractivity contribution is 7.92. The molecule has 4 aromatic rings. The van der Waals surface area contributed by atoms with E-state index in [1.165, 1.54) is 7.11 Å². The van der Waals surface area contributed by atoms with E-state index in [4.69, 9.17) is 10.5 Å². The molecule has 1 heterocycles. The fraction of sp³-hybridized carbons (Fsp3) is 0.115. The normalized spacial score (nSPS) is 11.3. The van der Waals surface area contributed by atoms with Crippen molar-refractivity contribution >= 4 is 43.3 Å². The van der Waals surface area contributed by atoms with Gasteiger partial charge in [0, 0.05) is 11.3 Å². The van der Waals surface area contributed by atoms with Crippen LogP contribution in [0.25, 0.3) is 0 Å². The number of benzene rings is 3. The van der Waals surface area contributed by atoms with Crippen LogP contribution in [-0.2, 0) is 9.84 Å². The third kappa shape index (κ3) is 4.55. The number of hydrogen-bond donors (Lipinski definition) is 2. The topological polar surface area (TPSA) is 98.5 Å². The lowest BCUT2D eigenvalue weighted by molar-refractivity contribution is 0.104. The van der Waals surface area contributed by atoms with Crippen molar-refractivity contribution in [1.82, 2.24) is 0 Å². The van der Waals surface area contributed by atoms with Gasteiger partial charge in [-0.05, 0) is 55.8 Å². The van der Waals surface area contributed by atoms with Crippen LogP contribution in [0, 0.1) is 13.8 Å². The van der Waals surface area contributed by atoms with E-state index in [2.05, 4.69) is 5.32 Å². The molecule has 0 aliphatic carbocycles. The van der Waals surface area contributed by atoms with Crippen LogP contribution in [0.1, 0.15) is 26.4 Å². The highest BCUT2D eigenvalue weighted by Crippen LogP contribution is 2.44. The number of sulfone groups is 1. The standard InChI is InChI=1S/C26H24N2O4S2/c1-16-10-12-21(13-11-16)34(30,31)25-22(27)24(23(29)18-7-5-9-20(15-18)32-3)33-26(25)28-19-8-4-6-17(2)14-19/h4-15,28H,27H2,1-3H3. The van der Waals surface area contributed by atoms with Crippen molar-refractivity contribution in [2.24, 2.45) is 0 Å². The Morgan fingerprint density at radius 1 is 0.941 bits per heavy atom. The number of anilines is 3. The predicted octanol–water partition coefficient (Wildman–Crippen LogP) is 5.76. The lowest BCUT2D eigenvalue weighted by atomic mass is 10.1. The highest BCUT2D eigenvalue weighted by atomic mass is 32.2. The Morgan fingerprint density at radius 2 is 1.65 bits per heavy atom. The zero-order valence-electron chi connectivity index (χ0n) is 19.0. The Hall–Kier alpha value is -3.62. The van der Waals surface area contributed by atoms with Gasteiger partial charge >= 0.3 is 0 Å². The average molecular weight is 493 g/mol. The van der Waals surface area contributed by atoms with E-state index in [9.17, 15) is 13.2 Å². The highest BCUT2D eigenvalue weighted by Gasteiger charge is 2.31. The number of rotatable bonds is 7. The number of thiophene rings is 1. The molecule has 0 saturated heterocycles. The number of hydrogen-bond acceptors (Lipinski definition) is 7. The smallest absolute Gasteiger partial charge is 0.211 e. The summed E-state index contributed by atoms with van der Waals surface area (Å²) in [5.74, 6) is 0.144. The lowest BCUT2D eigenvalue weighted by Crippen LogP contribution is -2.08. The molecule has 0 unspecified atom stereocenters. The van der Waals surface area contributed by atoms with Crippen molar-refractivity contribution in [2.45, 2.75) is 23.6 Å². The zero-order chi connectivity index (χ0) is 24.5. The minimum Gasteiger partial charge on any atom is -0.497 e. The molecule has 0 bridgehead atoms. The molecule has 1 aromatic heterocycles. The third-order valence-corrected chi connectivity index (χ3v) is 8.42. The number of methoxy groups -OCH3 is 1. The minimum absolute atomic E-state index is 0.0754. The first-order valence-electron chi connectivity index (χ1n) is 10.5. The van der Waals surface area contributed by atoms with Crippen molar-refractivity contribution in [3.05, 3.63) is 94.4 Å². The van der Waals surface area contributed by atoms with Gasteiger partial charge in [-0.2, -0.15) is 0 Å². The predicted molar refractivity (Wildman–Crippen MR) is 136 cm³/mol. The SMILES string of the molecule is COc1cccc(C(=O)c2sc(Nc3cccc(C)c3)c(S(=O)(=O)c3ccc(C)cc3)c2N)c1. The number of ketones is 1. The molecule has 3 aromatic carbocycles. The molecular formula is C26H24N2O4S2. The largest absolute Gasteiger partial charge is 0.497 e. The van der Waals surface area contributed by atoms with Gasteiger partial charge in [0.2, 0.25) is 15.6 Å². The first-order valence-corrected chi connectivity index (χ1v) is 12.8. The molecule has 0 amide bonds. The Balaban J connectivity index is 1.88. The summed E-state index contributed by atoms with van der Waals surface area (Å²) in [5.41, 5.74) is 9.30. The number of ether oxygens (including phenoxy) is 1. The molecule has 0 spiro atoms. The summed E-state index contributed by atoms with van der Waals surface area (Å²) < 4.78 is 32.6. The first-order chi connectivity index (χ1) is 16.2. The van der Waals surface area contributed by atoms with Gasteiger partial charge in [0.05, 0.1) is 17.7 Å². The van der Waals surface area contributed by atoms with Gasteiger partial charge in [-0.3, -0.25) is 4.79 Å². The lowest BCUT2D eigenvalue weighted by Gasteiger charge is -2.10. The molecule has 3 N–H and O–H groups in total. The van der Waals surface area contributed by atoms with E-state index in [1.54, 1.807) is 48.5 Å². The molecule has 34 heavy (non-hydrogen) atoms. The van der Waals surface area contributed by atoms with E-state index in [-0.39, 0.29) is 31.1 Å². The Morgan fingerprint density at radius 3 is 2.32 bits per heavy atom. The van der Waals surface area contributed by atoms with Crippen LogP contribution in [0.3, 0.4) is 0 Å². The molecule has 4 rings (SSSR count). The fourth-order valence-corrected chi connectivity index (χ4v) is 6.46. The maximum Gasteiger partial charge on any atom is 0.211 e. The van der Waals surface area contributed by atoms with Gasteiger partial charge in [0.15, 0.2) is 0 Å². The first kappa shape index (κ1) is 23.5. The maximum absolute atomic E-state index is 13.7. The number of nitrogens with one attached hydrogen (secondary N) is 1. The molecule has 174 valence electrons. The number of carbonyl (C=O) groups is 1. The van der Waals surface area contributed by atoms with E-state index >= 15 is 0 Å². The molecule has 0 aliphatic heterocycles. The van der Waals surface area contributed by atoms with Gasteiger partial charge in [0.1, 0.15) is 20.5 Å². The van der Waals surface area contributed by atoms with Crippen LogP contribution in [0.4, 0.5) is 16.4 Å². The zero-order valence-corrected chi connectivity index (χ0v) is 20.6. The van der Waals surface area contributed by atoms with Gasteiger partial charge in [-0.1, -0.05) is 42.0 Å². The molecular weight excluding hydrogens is 468 g/mol. The van der Waals surface area contributed by atoms with Crippen LogP contribution >= 0.6 is 11.3 Å². The molecule has 0 radical (unpaired) electrons. The van der Waals surface area contributed by atoms with Crippen molar-refractivity contribution in [3.63, 3.8) is 0 Å². The molecule has 6 nitrogen and oxygen atoms in total. The Kier molecular flexibility index (Phi) is 6.45. The minimum atomic E-state index is -4.01. The van der Waals surface area contributed by atoms with Gasteiger partial charge in [-0.15, -0.1) is 11.3 Å². The molecule has 8 heteroatoms. The Labute approximate surface area is 202 Å². The maximum atomic E-state index is 13.7. The quantitative estimate of drug-likeness (QED) is 0.318. The van der Waals surface area contributed by atoms with Gasteiger partial charge < -0.3 is 15.8 Å². The van der Waals surface area contributed by atoms with E-state index in [1.807, 2.05) is 38.1 Å². The summed E-state index contributed by atoms with van der Waals surface area (Å²) in [6.45, 7) is 3.82. The van der Waals surface area contributed by atoms with Crippen LogP contribution < -0.4 is 15.8 Å². The summed E-state index contributed by atoms with van der Waals surface area (Å²) in [7, 11) is -2.50. The van der Waals surface area contributed by atoms with E-state index in [0.29, 0.717) is 17.0 Å². The molecule has 0 atom stereocenters. The summed E-state index contributed by atoms with van der Waals surface area (Å²) in [6.07, 6.45) is 0. The van der Waals surface area contributed by atoms with Crippen LogP contribution in [0.2, 0.25) is 0 Å². The molecule has 0 saturated carbocycles. The van der Waals surface area contributed by atoms with Gasteiger partial charge in [-0.25, -0.2) is 8.42 Å². The summed E-state index contributed by atoms with van der Waals surface area (Å²) in [6, 6.07) is 20.7. The summed E-state index contributed by atoms with van der Waals surface area (Å²) >= 11 is 1.02. The number of aryl methyl sites for hydroxylation is 2. The molecule has 0 aliphatic rings. The van der Waals surface area contributed by atoms with Crippen LogP contribution in [0.5, 0.6) is 5.75 Å². The Bertz CT molecular complexity index is 1470. The number of nitrogens with two attached hydrogens (primary N) is 1. The second-order valence-electron chi connectivity index (χ2n) is 7.88. The summed E-state index contributed by atoms with van der Waals surface area (Å²) in [4.78, 5) is 13.5. The monoisotopic (exact) mass is 492 g/mol. The van der Waals surface area contributed by atoms with Crippen LogP contribution in [-0.4, -0.2) is 21.3 Å². The van der Waals surface area contributed by atoms with Crippen molar-refractivity contribution in [3.8, 4) is 5.75 Å².